The molecule has 2 fully saturated rings. The highest BCUT2D eigenvalue weighted by Gasteiger charge is 2.61. The molecule has 0 aliphatic carbocycles. The number of aliphatic hydroxyl groups excluding tert-OH is 1. The molecule has 0 radical (unpaired) electrons. The van der Waals surface area contributed by atoms with Crippen molar-refractivity contribution in [1.82, 2.24) is 19.5 Å². The molecule has 2 aliphatic rings. The van der Waals surface area contributed by atoms with Gasteiger partial charge in [-0.2, -0.15) is 0 Å². The zero-order chi connectivity index (χ0) is 20.1. The van der Waals surface area contributed by atoms with Crippen LogP contribution in [0.3, 0.4) is 0 Å². The summed E-state index contributed by atoms with van der Waals surface area (Å²) in [6.45, 7) is 4.33. The van der Waals surface area contributed by atoms with Crippen molar-refractivity contribution >= 4 is 17.0 Å². The Labute approximate surface area is 167 Å². The van der Waals surface area contributed by atoms with Crippen molar-refractivity contribution < 1.29 is 19.3 Å². The Morgan fingerprint density at radius 2 is 2.03 bits per heavy atom. The van der Waals surface area contributed by atoms with Gasteiger partial charge in [-0.1, -0.05) is 30.3 Å². The van der Waals surface area contributed by atoms with Crippen LogP contribution in [-0.2, 0) is 20.8 Å². The molecular weight excluding hydrogens is 374 g/mol. The van der Waals surface area contributed by atoms with Gasteiger partial charge in [-0.3, -0.25) is 4.57 Å². The van der Waals surface area contributed by atoms with E-state index in [0.29, 0.717) is 23.5 Å². The van der Waals surface area contributed by atoms with Gasteiger partial charge in [0.25, 0.3) is 0 Å². The summed E-state index contributed by atoms with van der Waals surface area (Å²) in [7, 11) is 0. The molecule has 2 aliphatic heterocycles. The monoisotopic (exact) mass is 397 g/mol. The highest BCUT2D eigenvalue weighted by atomic mass is 16.8. The third kappa shape index (κ3) is 3.06. The molecule has 2 N–H and O–H groups in total. The minimum Gasteiger partial charge on any atom is -0.393 e. The first kappa shape index (κ1) is 18.4. The molecule has 152 valence electrons. The average Bonchev–Trinajstić information content (AvgIpc) is 3.36. The van der Waals surface area contributed by atoms with Crippen LogP contribution < -0.4 is 5.32 Å². The van der Waals surface area contributed by atoms with Crippen LogP contribution in [-0.4, -0.2) is 55.3 Å². The Morgan fingerprint density at radius 3 is 2.83 bits per heavy atom. The van der Waals surface area contributed by atoms with Gasteiger partial charge in [-0.05, 0) is 19.4 Å². The molecule has 29 heavy (non-hydrogen) atoms. The van der Waals surface area contributed by atoms with Gasteiger partial charge in [0, 0.05) is 6.54 Å². The molecule has 4 heterocycles. The summed E-state index contributed by atoms with van der Waals surface area (Å²) in [5.41, 5.74) is 1.52. The number of nitrogens with zero attached hydrogens (tertiary/aromatic N) is 4. The number of rotatable bonds is 5. The van der Waals surface area contributed by atoms with Crippen molar-refractivity contribution in [3.05, 3.63) is 48.5 Å². The number of anilines is 1. The average molecular weight is 397 g/mol. The van der Waals surface area contributed by atoms with Crippen LogP contribution in [0.4, 0.5) is 5.82 Å². The summed E-state index contributed by atoms with van der Waals surface area (Å²) in [6.07, 6.45) is 2.18. The number of imidazole rings is 1. The van der Waals surface area contributed by atoms with E-state index in [2.05, 4.69) is 20.3 Å². The van der Waals surface area contributed by atoms with Crippen molar-refractivity contribution in [3.63, 3.8) is 0 Å². The maximum Gasteiger partial charge on any atom is 0.167 e. The van der Waals surface area contributed by atoms with E-state index in [4.69, 9.17) is 14.2 Å². The van der Waals surface area contributed by atoms with Crippen LogP contribution in [0, 0.1) is 0 Å². The second kappa shape index (κ2) is 6.74. The van der Waals surface area contributed by atoms with E-state index in [1.165, 1.54) is 6.33 Å². The molecule has 0 bridgehead atoms. The lowest BCUT2D eigenvalue weighted by Gasteiger charge is -2.24. The number of ether oxygens (including phenoxy) is 3. The van der Waals surface area contributed by atoms with Gasteiger partial charge >= 0.3 is 0 Å². The maximum atomic E-state index is 9.96. The number of fused-ring (bicyclic) bond motifs is 2. The topological polar surface area (TPSA) is 104 Å². The van der Waals surface area contributed by atoms with Crippen LogP contribution in [0.15, 0.2) is 43.0 Å². The Bertz CT molecular complexity index is 1020. The van der Waals surface area contributed by atoms with Crippen molar-refractivity contribution in [1.29, 1.82) is 0 Å². The second-order valence-corrected chi connectivity index (χ2v) is 7.85. The standard InChI is InChI=1S/C20H23N5O4/c1-19(2)28-15-18(27-10-20(15,9-26)29-19)25-12-24-14-16(22-11-23-17(14)25)21-8-13-6-4-3-5-7-13/h3-7,11-12,15,18,26H,8-10H2,1-2H3,(H,21,22,23)/t15-,18+,20+/m0/s1. The zero-order valence-electron chi connectivity index (χ0n) is 16.3. The van der Waals surface area contributed by atoms with Crippen LogP contribution >= 0.6 is 0 Å². The molecule has 0 unspecified atom stereocenters. The van der Waals surface area contributed by atoms with Gasteiger partial charge in [-0.25, -0.2) is 15.0 Å². The van der Waals surface area contributed by atoms with Gasteiger partial charge in [0.15, 0.2) is 29.0 Å². The van der Waals surface area contributed by atoms with Gasteiger partial charge in [0.2, 0.25) is 0 Å². The molecule has 3 atom stereocenters. The van der Waals surface area contributed by atoms with Crippen molar-refractivity contribution in [2.75, 3.05) is 18.5 Å². The van der Waals surface area contributed by atoms with Gasteiger partial charge < -0.3 is 24.6 Å². The van der Waals surface area contributed by atoms with E-state index in [9.17, 15) is 5.11 Å². The smallest absolute Gasteiger partial charge is 0.167 e. The molecule has 2 saturated heterocycles. The SMILES string of the molecule is CC1(C)O[C@H]2[C@H](n3cnc4c(NCc5ccccc5)ncnc43)OC[C@@]2(CO)O1. The first-order valence-electron chi connectivity index (χ1n) is 9.57. The van der Waals surface area contributed by atoms with E-state index in [0.717, 1.165) is 5.56 Å². The van der Waals surface area contributed by atoms with Crippen LogP contribution in [0.5, 0.6) is 0 Å². The summed E-state index contributed by atoms with van der Waals surface area (Å²) < 4.78 is 19.8. The fourth-order valence-electron chi connectivity index (χ4n) is 4.07. The number of nitrogens with one attached hydrogen (secondary N) is 1. The molecule has 0 amide bonds. The predicted octanol–water partition coefficient (Wildman–Crippen LogP) is 1.85. The minimum atomic E-state index is -0.897. The number of aliphatic hydroxyl groups is 1. The third-order valence-corrected chi connectivity index (χ3v) is 5.34. The fourth-order valence-corrected chi connectivity index (χ4v) is 4.07. The Morgan fingerprint density at radius 1 is 1.21 bits per heavy atom. The minimum absolute atomic E-state index is 0.191. The van der Waals surface area contributed by atoms with Crippen molar-refractivity contribution in [2.45, 2.75) is 44.1 Å². The molecule has 9 heteroatoms. The van der Waals surface area contributed by atoms with Crippen LogP contribution in [0.1, 0.15) is 25.6 Å². The number of benzene rings is 1. The lowest BCUT2D eigenvalue weighted by atomic mass is 10.0. The van der Waals surface area contributed by atoms with E-state index < -0.39 is 23.7 Å². The highest BCUT2D eigenvalue weighted by Crippen LogP contribution is 2.47. The lowest BCUT2D eigenvalue weighted by Crippen LogP contribution is -2.44. The normalized spacial score (nSPS) is 28.0. The Balaban J connectivity index is 1.45. The van der Waals surface area contributed by atoms with E-state index >= 15 is 0 Å². The highest BCUT2D eigenvalue weighted by molar-refractivity contribution is 5.82. The molecule has 1 aromatic carbocycles. The Hall–Kier alpha value is -2.59. The summed E-state index contributed by atoms with van der Waals surface area (Å²) in [4.78, 5) is 13.3. The summed E-state index contributed by atoms with van der Waals surface area (Å²) in [6, 6.07) is 10.1. The third-order valence-electron chi connectivity index (χ3n) is 5.34. The molecule has 9 nitrogen and oxygen atoms in total. The summed E-state index contributed by atoms with van der Waals surface area (Å²) >= 11 is 0. The molecule has 0 spiro atoms. The summed E-state index contributed by atoms with van der Waals surface area (Å²) in [5, 5.41) is 13.3. The first-order valence-corrected chi connectivity index (χ1v) is 9.57. The van der Waals surface area contributed by atoms with E-state index in [1.807, 2.05) is 48.7 Å². The predicted molar refractivity (Wildman–Crippen MR) is 104 cm³/mol. The number of hydrogen-bond acceptors (Lipinski definition) is 8. The molecular formula is C20H23N5O4. The lowest BCUT2D eigenvalue weighted by molar-refractivity contribution is -0.200. The van der Waals surface area contributed by atoms with Gasteiger partial charge in [-0.15, -0.1) is 0 Å². The zero-order valence-corrected chi connectivity index (χ0v) is 16.3. The van der Waals surface area contributed by atoms with Crippen molar-refractivity contribution in [2.24, 2.45) is 0 Å². The van der Waals surface area contributed by atoms with E-state index in [-0.39, 0.29) is 13.2 Å². The van der Waals surface area contributed by atoms with Gasteiger partial charge in [0.05, 0.1) is 19.5 Å². The quantitative estimate of drug-likeness (QED) is 0.672. The molecule has 5 rings (SSSR count). The molecule has 2 aromatic heterocycles. The Kier molecular flexibility index (Phi) is 4.28. The summed E-state index contributed by atoms with van der Waals surface area (Å²) in [5.74, 6) is -0.156. The van der Waals surface area contributed by atoms with Crippen LogP contribution in [0.2, 0.25) is 0 Å². The fraction of sp³-hybridized carbons (Fsp3) is 0.450. The molecule has 0 saturated carbocycles. The first-order chi connectivity index (χ1) is 14.0. The van der Waals surface area contributed by atoms with Crippen LogP contribution in [0.25, 0.3) is 11.2 Å². The van der Waals surface area contributed by atoms with Gasteiger partial charge in [0.1, 0.15) is 18.0 Å². The molecule has 3 aromatic rings. The number of aromatic nitrogens is 4. The number of hydrogen-bond donors (Lipinski definition) is 2. The van der Waals surface area contributed by atoms with E-state index in [1.54, 1.807) is 6.33 Å². The second-order valence-electron chi connectivity index (χ2n) is 7.85. The van der Waals surface area contributed by atoms with Crippen molar-refractivity contribution in [3.8, 4) is 0 Å². The largest absolute Gasteiger partial charge is 0.393 e. The maximum absolute atomic E-state index is 9.96.